The zero-order valence-corrected chi connectivity index (χ0v) is 21.3. The Morgan fingerprint density at radius 2 is 1.62 bits per heavy atom. The lowest BCUT2D eigenvalue weighted by Crippen LogP contribution is -2.25. The van der Waals surface area contributed by atoms with Gasteiger partial charge in [-0.15, -0.1) is 11.3 Å². The van der Waals surface area contributed by atoms with E-state index in [1.54, 1.807) is 0 Å². The SMILES string of the molecule is O=c1c2c(nc(-c3cnc(C(F)(F)F)nc3C3CC3)n1Cc1cnc(C(F)(F)F)nc1)sc1c(O)c(Cl)ccc12. The summed E-state index contributed by atoms with van der Waals surface area (Å²) in [6.45, 7) is -0.364. The Kier molecular flexibility index (Phi) is 5.99. The summed E-state index contributed by atoms with van der Waals surface area (Å²) in [6.07, 6.45) is -5.71. The highest BCUT2D eigenvalue weighted by Gasteiger charge is 2.38. The number of alkyl halides is 6. The van der Waals surface area contributed by atoms with Crippen LogP contribution in [0.2, 0.25) is 5.02 Å². The Bertz CT molecular complexity index is 1870. The van der Waals surface area contributed by atoms with Crippen LogP contribution in [0.5, 0.6) is 5.75 Å². The molecule has 1 aliphatic carbocycles. The molecule has 0 spiro atoms. The summed E-state index contributed by atoms with van der Waals surface area (Å²) in [5.41, 5.74) is -0.432. The van der Waals surface area contributed by atoms with Crippen LogP contribution in [0.25, 0.3) is 31.7 Å². The van der Waals surface area contributed by atoms with Crippen molar-refractivity contribution >= 4 is 43.2 Å². The molecule has 1 saturated carbocycles. The maximum absolute atomic E-state index is 13.9. The third kappa shape index (κ3) is 4.52. The van der Waals surface area contributed by atoms with Crippen LogP contribution in [0, 0.1) is 0 Å². The second-order valence-electron chi connectivity index (χ2n) is 9.06. The summed E-state index contributed by atoms with van der Waals surface area (Å²) in [4.78, 5) is 32.5. The zero-order valence-electron chi connectivity index (χ0n) is 19.7. The Hall–Kier alpha value is -3.85. The molecule has 0 unspecified atom stereocenters. The molecule has 40 heavy (non-hydrogen) atoms. The van der Waals surface area contributed by atoms with Gasteiger partial charge in [-0.2, -0.15) is 26.3 Å². The third-order valence-corrected chi connectivity index (χ3v) is 7.67. The van der Waals surface area contributed by atoms with Crippen LogP contribution in [0.4, 0.5) is 26.3 Å². The topological polar surface area (TPSA) is 107 Å². The number of benzene rings is 1. The number of aromatic nitrogens is 6. The summed E-state index contributed by atoms with van der Waals surface area (Å²) in [5, 5.41) is 10.9. The molecular weight excluding hydrogens is 586 g/mol. The lowest BCUT2D eigenvalue weighted by Gasteiger charge is -2.16. The number of hydrogen-bond acceptors (Lipinski definition) is 8. The highest BCUT2D eigenvalue weighted by Crippen LogP contribution is 2.45. The maximum Gasteiger partial charge on any atom is 0.451 e. The van der Waals surface area contributed by atoms with Gasteiger partial charge in [0.1, 0.15) is 10.7 Å². The quantitative estimate of drug-likeness (QED) is 0.246. The highest BCUT2D eigenvalue weighted by atomic mass is 35.5. The van der Waals surface area contributed by atoms with Crippen molar-refractivity contribution in [3.8, 4) is 17.1 Å². The van der Waals surface area contributed by atoms with E-state index in [0.717, 1.165) is 34.5 Å². The molecule has 206 valence electrons. The number of aromatic hydroxyl groups is 1. The van der Waals surface area contributed by atoms with E-state index >= 15 is 0 Å². The van der Waals surface area contributed by atoms with Gasteiger partial charge < -0.3 is 5.11 Å². The third-order valence-electron chi connectivity index (χ3n) is 6.26. The van der Waals surface area contributed by atoms with Crippen LogP contribution < -0.4 is 5.56 Å². The second kappa shape index (κ2) is 9.09. The van der Waals surface area contributed by atoms with Crippen molar-refractivity contribution in [2.45, 2.75) is 37.7 Å². The molecule has 0 bridgehead atoms. The molecule has 4 heterocycles. The first-order chi connectivity index (χ1) is 18.8. The molecule has 0 amide bonds. The number of nitrogens with zero attached hydrogens (tertiary/aromatic N) is 6. The fourth-order valence-electron chi connectivity index (χ4n) is 4.27. The average Bonchev–Trinajstić information content (AvgIpc) is 3.67. The van der Waals surface area contributed by atoms with Crippen LogP contribution >= 0.6 is 22.9 Å². The lowest BCUT2D eigenvalue weighted by molar-refractivity contribution is -0.145. The summed E-state index contributed by atoms with van der Waals surface area (Å²) in [5.74, 6) is -3.40. The van der Waals surface area contributed by atoms with Crippen molar-refractivity contribution in [2.24, 2.45) is 0 Å². The lowest BCUT2D eigenvalue weighted by atomic mass is 10.1. The van der Waals surface area contributed by atoms with E-state index in [1.807, 2.05) is 0 Å². The molecule has 5 aromatic rings. The minimum absolute atomic E-state index is 0.0358. The van der Waals surface area contributed by atoms with Crippen LogP contribution in [0.3, 0.4) is 0 Å². The summed E-state index contributed by atoms with van der Waals surface area (Å²) < 4.78 is 80.5. The van der Waals surface area contributed by atoms with Crippen LogP contribution in [0.1, 0.15) is 41.7 Å². The van der Waals surface area contributed by atoms with Gasteiger partial charge >= 0.3 is 12.4 Å². The van der Waals surface area contributed by atoms with E-state index in [4.69, 9.17) is 11.6 Å². The molecule has 0 aliphatic heterocycles. The van der Waals surface area contributed by atoms with Crippen molar-refractivity contribution < 1.29 is 31.4 Å². The fraction of sp³-hybridized carbons (Fsp3) is 0.250. The van der Waals surface area contributed by atoms with Gasteiger partial charge in [0.15, 0.2) is 5.75 Å². The van der Waals surface area contributed by atoms with Crippen LogP contribution in [-0.4, -0.2) is 34.6 Å². The molecule has 1 aromatic carbocycles. The molecule has 16 heteroatoms. The first-order valence-corrected chi connectivity index (χ1v) is 12.7. The first-order valence-electron chi connectivity index (χ1n) is 11.5. The van der Waals surface area contributed by atoms with Gasteiger partial charge in [-0.25, -0.2) is 24.9 Å². The number of thiophene rings is 1. The van der Waals surface area contributed by atoms with Crippen LogP contribution in [0.15, 0.2) is 35.5 Å². The minimum atomic E-state index is -4.81. The molecule has 1 N–H and O–H groups in total. The molecule has 8 nitrogen and oxygen atoms in total. The van der Waals surface area contributed by atoms with Crippen molar-refractivity contribution in [3.05, 3.63) is 69.0 Å². The van der Waals surface area contributed by atoms with Gasteiger partial charge in [-0.3, -0.25) is 9.36 Å². The predicted octanol–water partition coefficient (Wildman–Crippen LogP) is 6.18. The maximum atomic E-state index is 13.9. The molecule has 1 aliphatic rings. The van der Waals surface area contributed by atoms with Crippen molar-refractivity contribution in [3.63, 3.8) is 0 Å². The second-order valence-corrected chi connectivity index (χ2v) is 10.5. The summed E-state index contributed by atoms with van der Waals surface area (Å²) >= 11 is 6.98. The Morgan fingerprint density at radius 3 is 2.25 bits per heavy atom. The predicted molar refractivity (Wildman–Crippen MR) is 132 cm³/mol. The number of fused-ring (bicyclic) bond motifs is 3. The Morgan fingerprint density at radius 1 is 0.975 bits per heavy atom. The van der Waals surface area contributed by atoms with Gasteiger partial charge in [0.05, 0.1) is 32.9 Å². The summed E-state index contributed by atoms with van der Waals surface area (Å²) in [7, 11) is 0. The van der Waals surface area contributed by atoms with Crippen molar-refractivity contribution in [2.75, 3.05) is 0 Å². The normalized spacial score (nSPS) is 14.4. The summed E-state index contributed by atoms with van der Waals surface area (Å²) in [6, 6.07) is 2.91. The molecule has 4 aromatic heterocycles. The van der Waals surface area contributed by atoms with Crippen LogP contribution in [-0.2, 0) is 18.9 Å². The number of phenolic OH excluding ortho intramolecular Hbond substituents is 1. The fourth-order valence-corrected chi connectivity index (χ4v) is 5.60. The number of rotatable bonds is 4. The molecule has 0 saturated heterocycles. The molecule has 0 atom stereocenters. The molecule has 1 fully saturated rings. The molecular formula is C24H13ClF6N6O2S. The van der Waals surface area contributed by atoms with Gasteiger partial charge in [-0.05, 0) is 18.9 Å². The van der Waals surface area contributed by atoms with E-state index in [1.165, 1.54) is 12.1 Å². The smallest absolute Gasteiger partial charge is 0.451 e. The van der Waals surface area contributed by atoms with Crippen molar-refractivity contribution in [1.29, 1.82) is 0 Å². The highest BCUT2D eigenvalue weighted by molar-refractivity contribution is 7.25. The monoisotopic (exact) mass is 598 g/mol. The van der Waals surface area contributed by atoms with Gasteiger partial charge in [-0.1, -0.05) is 17.7 Å². The minimum Gasteiger partial charge on any atom is -0.505 e. The van der Waals surface area contributed by atoms with Gasteiger partial charge in [0.25, 0.3) is 5.56 Å². The number of hydrogen-bond donors (Lipinski definition) is 1. The Balaban J connectivity index is 1.61. The van der Waals surface area contributed by atoms with E-state index in [-0.39, 0.29) is 60.8 Å². The number of halogens is 7. The first kappa shape index (κ1) is 26.4. The van der Waals surface area contributed by atoms with Gasteiger partial charge in [0, 0.05) is 35.5 Å². The number of phenols is 1. The van der Waals surface area contributed by atoms with E-state index in [9.17, 15) is 36.2 Å². The zero-order chi connectivity index (χ0) is 28.6. The van der Waals surface area contributed by atoms with E-state index < -0.39 is 29.6 Å². The van der Waals surface area contributed by atoms with E-state index in [2.05, 4.69) is 24.9 Å². The average molecular weight is 599 g/mol. The standard InChI is InChI=1S/C24H13ClF6N6O2S/c25-13-4-3-11-14-19(40-17(11)16(13)38)36-18(12-7-34-22(24(29,30)31)35-15(12)10-1-2-10)37(20(14)39)8-9-5-32-21(33-6-9)23(26,27)28/h3-7,10,38H,1-2,8H2. The largest absolute Gasteiger partial charge is 0.505 e. The van der Waals surface area contributed by atoms with Gasteiger partial charge in [0.2, 0.25) is 11.6 Å². The van der Waals surface area contributed by atoms with Crippen molar-refractivity contribution in [1.82, 2.24) is 29.5 Å². The van der Waals surface area contributed by atoms with E-state index in [0.29, 0.717) is 18.2 Å². The molecule has 6 rings (SSSR count). The molecule has 0 radical (unpaired) electrons. The Labute approximate surface area is 228 Å².